The maximum atomic E-state index is 12.4. The highest BCUT2D eigenvalue weighted by molar-refractivity contribution is 7.80. The van der Waals surface area contributed by atoms with Crippen LogP contribution in [0.1, 0.15) is 24.8 Å². The van der Waals surface area contributed by atoms with E-state index in [2.05, 4.69) is 15.0 Å². The average Bonchev–Trinajstić information content (AvgIpc) is 3.35. The van der Waals surface area contributed by atoms with Crippen molar-refractivity contribution in [2.45, 2.75) is 19.3 Å². The van der Waals surface area contributed by atoms with E-state index in [1.54, 1.807) is 17.4 Å². The molecule has 2 fully saturated rings. The van der Waals surface area contributed by atoms with E-state index in [1.807, 2.05) is 27.8 Å². The summed E-state index contributed by atoms with van der Waals surface area (Å²) in [5.41, 5.74) is 1.28. The predicted molar refractivity (Wildman–Crippen MR) is 110 cm³/mol. The molecule has 0 aliphatic carbocycles. The van der Waals surface area contributed by atoms with E-state index in [9.17, 15) is 9.59 Å². The standard InChI is InChI=1S/C19H25N3O3S2/c1-25-17(24)12-20-18(26)22-10-7-19(14-22)5-8-21(9-6-19)16(23)3-2-15-4-11-27-13-15/h2-4,11,13H,5-10,12,14H2,1H3,(H,20,26)/b3-2+. The van der Waals surface area contributed by atoms with Crippen LogP contribution in [-0.4, -0.2) is 66.6 Å². The summed E-state index contributed by atoms with van der Waals surface area (Å²) < 4.78 is 4.63. The van der Waals surface area contributed by atoms with Gasteiger partial charge < -0.3 is 19.9 Å². The topological polar surface area (TPSA) is 61.9 Å². The summed E-state index contributed by atoms with van der Waals surface area (Å²) in [5.74, 6) is -0.241. The van der Waals surface area contributed by atoms with E-state index in [1.165, 1.54) is 7.11 Å². The summed E-state index contributed by atoms with van der Waals surface area (Å²) in [7, 11) is 1.36. The Morgan fingerprint density at radius 2 is 2.00 bits per heavy atom. The second kappa shape index (κ2) is 8.84. The first-order chi connectivity index (χ1) is 13.0. The van der Waals surface area contributed by atoms with E-state index in [-0.39, 0.29) is 23.8 Å². The van der Waals surface area contributed by atoms with Gasteiger partial charge in [0.1, 0.15) is 6.54 Å². The molecule has 1 amide bonds. The van der Waals surface area contributed by atoms with E-state index in [4.69, 9.17) is 12.2 Å². The maximum absolute atomic E-state index is 12.4. The number of carbonyl (C=O) groups is 2. The lowest BCUT2D eigenvalue weighted by atomic mass is 9.78. The molecule has 0 radical (unpaired) electrons. The molecule has 0 unspecified atom stereocenters. The molecular weight excluding hydrogens is 382 g/mol. The normalized spacial score (nSPS) is 18.9. The monoisotopic (exact) mass is 407 g/mol. The molecule has 3 heterocycles. The predicted octanol–water partition coefficient (Wildman–Crippen LogP) is 2.12. The molecule has 1 aromatic rings. The highest BCUT2D eigenvalue weighted by Gasteiger charge is 2.41. The van der Waals surface area contributed by atoms with Gasteiger partial charge in [-0.15, -0.1) is 0 Å². The third-order valence-corrected chi connectivity index (χ3v) is 6.54. The number of ether oxygens (including phenoxy) is 1. The van der Waals surface area contributed by atoms with Crippen LogP contribution < -0.4 is 5.32 Å². The molecule has 146 valence electrons. The molecule has 0 bridgehead atoms. The number of piperidine rings is 1. The molecule has 0 aromatic carbocycles. The molecule has 27 heavy (non-hydrogen) atoms. The van der Waals surface area contributed by atoms with Crippen LogP contribution in [0.25, 0.3) is 6.08 Å². The second-order valence-corrected chi connectivity index (χ2v) is 8.29. The third kappa shape index (κ3) is 5.07. The van der Waals surface area contributed by atoms with E-state index in [0.717, 1.165) is 51.0 Å². The molecule has 3 rings (SSSR count). The summed E-state index contributed by atoms with van der Waals surface area (Å²) in [6.45, 7) is 3.43. The van der Waals surface area contributed by atoms with Crippen molar-refractivity contribution in [3.8, 4) is 0 Å². The average molecular weight is 408 g/mol. The van der Waals surface area contributed by atoms with Crippen LogP contribution in [0.5, 0.6) is 0 Å². The van der Waals surface area contributed by atoms with Gasteiger partial charge in [-0.3, -0.25) is 9.59 Å². The Kier molecular flexibility index (Phi) is 6.49. The van der Waals surface area contributed by atoms with E-state index in [0.29, 0.717) is 5.11 Å². The maximum Gasteiger partial charge on any atom is 0.325 e. The number of hydrogen-bond acceptors (Lipinski definition) is 5. The van der Waals surface area contributed by atoms with Crippen molar-refractivity contribution >= 4 is 46.6 Å². The second-order valence-electron chi connectivity index (χ2n) is 7.12. The number of carbonyl (C=O) groups excluding carboxylic acids is 2. The number of esters is 1. The van der Waals surface area contributed by atoms with Crippen molar-refractivity contribution in [1.29, 1.82) is 0 Å². The summed E-state index contributed by atoms with van der Waals surface area (Å²) in [6, 6.07) is 2.00. The molecule has 6 nitrogen and oxygen atoms in total. The Hall–Kier alpha value is -1.93. The summed E-state index contributed by atoms with van der Waals surface area (Å²) >= 11 is 7.03. The van der Waals surface area contributed by atoms with Gasteiger partial charge in [-0.05, 0) is 65.4 Å². The molecule has 8 heteroatoms. The molecular formula is C19H25N3O3S2. The van der Waals surface area contributed by atoms with Crippen LogP contribution in [0.15, 0.2) is 22.9 Å². The minimum absolute atomic E-state index is 0.0844. The SMILES string of the molecule is COC(=O)CNC(=S)N1CCC2(CCN(C(=O)/C=C/c3ccsc3)CC2)C1. The van der Waals surface area contributed by atoms with Crippen molar-refractivity contribution in [2.75, 3.05) is 39.8 Å². The van der Waals surface area contributed by atoms with Gasteiger partial charge >= 0.3 is 5.97 Å². The molecule has 1 N–H and O–H groups in total. The van der Waals surface area contributed by atoms with Crippen LogP contribution in [-0.2, 0) is 14.3 Å². The fourth-order valence-electron chi connectivity index (χ4n) is 3.69. The van der Waals surface area contributed by atoms with E-state index >= 15 is 0 Å². The molecule has 2 aliphatic heterocycles. The third-order valence-electron chi connectivity index (χ3n) is 5.43. The van der Waals surface area contributed by atoms with Crippen LogP contribution in [0.4, 0.5) is 0 Å². The summed E-state index contributed by atoms with van der Waals surface area (Å²) in [5, 5.41) is 7.60. The number of rotatable bonds is 4. The van der Waals surface area contributed by atoms with Crippen molar-refractivity contribution < 1.29 is 14.3 Å². The Morgan fingerprint density at radius 1 is 1.30 bits per heavy atom. The number of hydrogen-bond donors (Lipinski definition) is 1. The minimum atomic E-state index is -0.325. The zero-order valence-electron chi connectivity index (χ0n) is 15.5. The number of thiophene rings is 1. The zero-order chi connectivity index (χ0) is 19.3. The van der Waals surface area contributed by atoms with Gasteiger partial charge in [-0.25, -0.2) is 0 Å². The lowest BCUT2D eigenvalue weighted by Crippen LogP contribution is -2.46. The van der Waals surface area contributed by atoms with Gasteiger partial charge in [0.05, 0.1) is 7.11 Å². The Morgan fingerprint density at radius 3 is 2.63 bits per heavy atom. The Labute approximate surface area is 169 Å². The minimum Gasteiger partial charge on any atom is -0.468 e. The van der Waals surface area contributed by atoms with Crippen LogP contribution >= 0.6 is 23.6 Å². The summed E-state index contributed by atoms with van der Waals surface area (Å²) in [6.07, 6.45) is 6.60. The van der Waals surface area contributed by atoms with E-state index < -0.39 is 0 Å². The largest absolute Gasteiger partial charge is 0.468 e. The van der Waals surface area contributed by atoms with Crippen molar-refractivity contribution in [3.63, 3.8) is 0 Å². The number of likely N-dealkylation sites (tertiary alicyclic amines) is 2. The lowest BCUT2D eigenvalue weighted by Gasteiger charge is -2.39. The number of nitrogens with one attached hydrogen (secondary N) is 1. The molecule has 2 saturated heterocycles. The first-order valence-electron chi connectivity index (χ1n) is 9.10. The van der Waals surface area contributed by atoms with Gasteiger partial charge in [0, 0.05) is 32.3 Å². The number of thiocarbonyl (C=S) groups is 1. The lowest BCUT2D eigenvalue weighted by molar-refractivity contribution is -0.139. The molecule has 1 aromatic heterocycles. The van der Waals surface area contributed by atoms with Crippen molar-refractivity contribution in [2.24, 2.45) is 5.41 Å². The first kappa shape index (κ1) is 19.8. The fourth-order valence-corrected chi connectivity index (χ4v) is 4.55. The van der Waals surface area contributed by atoms with Crippen molar-refractivity contribution in [3.05, 3.63) is 28.5 Å². The van der Waals surface area contributed by atoms with Gasteiger partial charge in [0.2, 0.25) is 5.91 Å². The fraction of sp³-hybridized carbons (Fsp3) is 0.526. The molecule has 2 aliphatic rings. The first-order valence-corrected chi connectivity index (χ1v) is 10.5. The quantitative estimate of drug-likeness (QED) is 0.469. The van der Waals surface area contributed by atoms with Gasteiger partial charge in [-0.2, -0.15) is 11.3 Å². The summed E-state index contributed by atoms with van der Waals surface area (Å²) in [4.78, 5) is 27.7. The highest BCUT2D eigenvalue weighted by Crippen LogP contribution is 2.40. The van der Waals surface area contributed by atoms with Gasteiger partial charge in [0.15, 0.2) is 5.11 Å². The Bertz CT molecular complexity index is 710. The van der Waals surface area contributed by atoms with Crippen molar-refractivity contribution in [1.82, 2.24) is 15.1 Å². The number of amides is 1. The number of nitrogens with zero attached hydrogens (tertiary/aromatic N) is 2. The molecule has 1 spiro atoms. The zero-order valence-corrected chi connectivity index (χ0v) is 17.1. The smallest absolute Gasteiger partial charge is 0.325 e. The van der Waals surface area contributed by atoms with Crippen LogP contribution in [0.3, 0.4) is 0 Å². The van der Waals surface area contributed by atoms with Crippen LogP contribution in [0, 0.1) is 5.41 Å². The van der Waals surface area contributed by atoms with Crippen LogP contribution in [0.2, 0.25) is 0 Å². The number of methoxy groups -OCH3 is 1. The molecule has 0 saturated carbocycles. The highest BCUT2D eigenvalue weighted by atomic mass is 32.1. The molecule has 0 atom stereocenters. The van der Waals surface area contributed by atoms with Gasteiger partial charge in [0.25, 0.3) is 0 Å². The van der Waals surface area contributed by atoms with Gasteiger partial charge in [-0.1, -0.05) is 0 Å². The Balaban J connectivity index is 1.46.